The Balaban J connectivity index is 1.89. The van der Waals surface area contributed by atoms with E-state index in [4.69, 9.17) is 22.1 Å². The van der Waals surface area contributed by atoms with Crippen LogP contribution in [0.1, 0.15) is 12.0 Å². The van der Waals surface area contributed by atoms with Gasteiger partial charge in [0, 0.05) is 25.2 Å². The summed E-state index contributed by atoms with van der Waals surface area (Å²) < 4.78 is 7.04. The minimum absolute atomic E-state index is 0.00891. The van der Waals surface area contributed by atoms with E-state index in [-0.39, 0.29) is 18.1 Å². The van der Waals surface area contributed by atoms with Crippen molar-refractivity contribution in [1.29, 1.82) is 0 Å². The van der Waals surface area contributed by atoms with E-state index >= 15 is 0 Å². The van der Waals surface area contributed by atoms with Crippen molar-refractivity contribution in [3.8, 4) is 5.69 Å². The average Bonchev–Trinajstić information content (AvgIpc) is 3.18. The molecule has 1 fully saturated rings. The lowest BCUT2D eigenvalue weighted by atomic mass is 10.1. The van der Waals surface area contributed by atoms with Crippen molar-refractivity contribution in [2.45, 2.75) is 25.1 Å². The monoisotopic (exact) mass is 335 g/mol. The van der Waals surface area contributed by atoms with Crippen molar-refractivity contribution >= 4 is 17.5 Å². The molecule has 0 aliphatic carbocycles. The molecule has 1 saturated heterocycles. The van der Waals surface area contributed by atoms with Crippen molar-refractivity contribution in [3.05, 3.63) is 41.4 Å². The number of halogens is 1. The van der Waals surface area contributed by atoms with Gasteiger partial charge in [0.15, 0.2) is 0 Å². The number of rotatable bonds is 5. The third-order valence-electron chi connectivity index (χ3n) is 4.11. The first-order chi connectivity index (χ1) is 11.1. The van der Waals surface area contributed by atoms with Crippen LogP contribution in [0.15, 0.2) is 30.9 Å². The first kappa shape index (κ1) is 15.9. The number of aromatic nitrogens is 3. The number of hydrogen-bond donors (Lipinski definition) is 1. The fraction of sp³-hybridized carbons (Fsp3) is 0.400. The Labute approximate surface area is 139 Å². The number of nitrogens with two attached hydrogens (primary N) is 1. The summed E-state index contributed by atoms with van der Waals surface area (Å²) in [4.78, 5) is 17.7. The van der Waals surface area contributed by atoms with Crippen LogP contribution >= 0.6 is 11.6 Å². The van der Waals surface area contributed by atoms with Crippen molar-refractivity contribution < 1.29 is 9.53 Å². The lowest BCUT2D eigenvalue weighted by Gasteiger charge is -2.23. The number of amides is 1. The smallest absolute Gasteiger partial charge is 0.234 e. The number of nitrogens with zero attached hydrogens (tertiary/aromatic N) is 4. The van der Waals surface area contributed by atoms with Gasteiger partial charge in [-0.25, -0.2) is 9.67 Å². The second-order valence-electron chi connectivity index (χ2n) is 5.55. The van der Waals surface area contributed by atoms with Crippen LogP contribution < -0.4 is 5.73 Å². The van der Waals surface area contributed by atoms with Gasteiger partial charge in [-0.15, -0.1) is 0 Å². The molecule has 2 aromatic rings. The summed E-state index contributed by atoms with van der Waals surface area (Å²) in [5.41, 5.74) is 7.35. The molecule has 1 aliphatic rings. The molecule has 2 atom stereocenters. The van der Waals surface area contributed by atoms with E-state index in [0.29, 0.717) is 24.5 Å². The van der Waals surface area contributed by atoms with E-state index in [0.717, 1.165) is 11.3 Å². The molecule has 122 valence electrons. The zero-order valence-electron chi connectivity index (χ0n) is 12.7. The standard InChI is InChI=1S/C15H18ClN5O2/c1-23-12-5-14(15(17)22)20(7-12)6-10-2-3-11(16)4-13(10)21-9-18-8-19-21/h2-4,8-9,12,14H,5-7H2,1H3,(H2,17,22)/t12-,14-/m0/s1. The molecule has 1 aliphatic heterocycles. The third-order valence-corrected chi connectivity index (χ3v) is 4.35. The first-order valence-corrected chi connectivity index (χ1v) is 7.66. The molecule has 2 N–H and O–H groups in total. The fourth-order valence-electron chi connectivity index (χ4n) is 2.94. The van der Waals surface area contributed by atoms with Crippen LogP contribution in [0.2, 0.25) is 5.02 Å². The van der Waals surface area contributed by atoms with Gasteiger partial charge in [-0.3, -0.25) is 9.69 Å². The van der Waals surface area contributed by atoms with E-state index in [2.05, 4.69) is 10.1 Å². The minimum atomic E-state index is -0.334. The molecule has 0 saturated carbocycles. The van der Waals surface area contributed by atoms with Gasteiger partial charge in [-0.1, -0.05) is 17.7 Å². The number of likely N-dealkylation sites (tertiary alicyclic amines) is 1. The number of carbonyl (C=O) groups is 1. The number of methoxy groups -OCH3 is 1. The summed E-state index contributed by atoms with van der Waals surface area (Å²) in [6, 6.07) is 5.24. The van der Waals surface area contributed by atoms with E-state index < -0.39 is 0 Å². The van der Waals surface area contributed by atoms with Gasteiger partial charge in [0.05, 0.1) is 17.8 Å². The largest absolute Gasteiger partial charge is 0.380 e. The Morgan fingerprint density at radius 3 is 3.00 bits per heavy atom. The number of ether oxygens (including phenoxy) is 1. The number of hydrogen-bond acceptors (Lipinski definition) is 5. The van der Waals surface area contributed by atoms with Gasteiger partial charge in [-0.05, 0) is 24.1 Å². The van der Waals surface area contributed by atoms with E-state index in [1.165, 1.54) is 6.33 Å². The summed E-state index contributed by atoms with van der Waals surface area (Å²) in [6.07, 6.45) is 3.70. The van der Waals surface area contributed by atoms with Gasteiger partial charge in [0.1, 0.15) is 12.7 Å². The van der Waals surface area contributed by atoms with Crippen LogP contribution in [-0.2, 0) is 16.1 Å². The maximum atomic E-state index is 11.7. The fourth-order valence-corrected chi connectivity index (χ4v) is 3.10. The third kappa shape index (κ3) is 3.36. The molecule has 0 unspecified atom stereocenters. The Morgan fingerprint density at radius 2 is 2.35 bits per heavy atom. The SMILES string of the molecule is CO[C@H]1C[C@@H](C(N)=O)N(Cc2ccc(Cl)cc2-n2cncn2)C1. The number of benzene rings is 1. The number of carbonyl (C=O) groups excluding carboxylic acids is 1. The van der Waals surface area contributed by atoms with Crippen LogP contribution in [0.25, 0.3) is 5.69 Å². The van der Waals surface area contributed by atoms with Crippen LogP contribution in [0.3, 0.4) is 0 Å². The molecule has 1 aromatic carbocycles. The Morgan fingerprint density at radius 1 is 1.52 bits per heavy atom. The molecule has 2 heterocycles. The highest BCUT2D eigenvalue weighted by Gasteiger charge is 2.36. The van der Waals surface area contributed by atoms with E-state index in [9.17, 15) is 4.79 Å². The highest BCUT2D eigenvalue weighted by atomic mass is 35.5. The zero-order valence-corrected chi connectivity index (χ0v) is 13.5. The molecule has 23 heavy (non-hydrogen) atoms. The predicted molar refractivity (Wildman–Crippen MR) is 85.2 cm³/mol. The molecule has 0 spiro atoms. The van der Waals surface area contributed by atoms with Crippen molar-refractivity contribution in [1.82, 2.24) is 19.7 Å². The zero-order chi connectivity index (χ0) is 16.4. The predicted octanol–water partition coefficient (Wildman–Crippen LogP) is 0.995. The van der Waals surface area contributed by atoms with Gasteiger partial charge >= 0.3 is 0 Å². The molecule has 0 bridgehead atoms. The highest BCUT2D eigenvalue weighted by Crippen LogP contribution is 2.26. The second-order valence-corrected chi connectivity index (χ2v) is 5.99. The maximum Gasteiger partial charge on any atom is 0.234 e. The number of primary amides is 1. The lowest BCUT2D eigenvalue weighted by molar-refractivity contribution is -0.122. The van der Waals surface area contributed by atoms with E-state index in [1.807, 2.05) is 23.1 Å². The summed E-state index contributed by atoms with van der Waals surface area (Å²) >= 11 is 6.11. The lowest BCUT2D eigenvalue weighted by Crippen LogP contribution is -2.39. The summed E-state index contributed by atoms with van der Waals surface area (Å²) in [6.45, 7) is 1.21. The Bertz CT molecular complexity index is 691. The minimum Gasteiger partial charge on any atom is -0.380 e. The van der Waals surface area contributed by atoms with Crippen LogP contribution in [-0.4, -0.2) is 51.4 Å². The molecule has 0 radical (unpaired) electrons. The van der Waals surface area contributed by atoms with Crippen molar-refractivity contribution in [3.63, 3.8) is 0 Å². The quantitative estimate of drug-likeness (QED) is 0.880. The summed E-state index contributed by atoms with van der Waals surface area (Å²) in [5, 5.41) is 4.77. The van der Waals surface area contributed by atoms with Gasteiger partial charge in [0.2, 0.25) is 5.91 Å². The molecule has 1 amide bonds. The molecular formula is C15H18ClN5O2. The Kier molecular flexibility index (Phi) is 4.61. The van der Waals surface area contributed by atoms with Crippen molar-refractivity contribution in [2.24, 2.45) is 5.73 Å². The second kappa shape index (κ2) is 6.66. The van der Waals surface area contributed by atoms with E-state index in [1.54, 1.807) is 18.1 Å². The maximum absolute atomic E-state index is 11.7. The van der Waals surface area contributed by atoms with Crippen LogP contribution in [0.4, 0.5) is 0 Å². The molecule has 3 rings (SSSR count). The Hall–Kier alpha value is -1.96. The molecule has 7 nitrogen and oxygen atoms in total. The van der Waals surface area contributed by atoms with Gasteiger partial charge in [-0.2, -0.15) is 5.10 Å². The molecular weight excluding hydrogens is 318 g/mol. The normalized spacial score (nSPS) is 21.7. The van der Waals surface area contributed by atoms with Crippen LogP contribution in [0.5, 0.6) is 0 Å². The summed E-state index contributed by atoms with van der Waals surface area (Å²) in [7, 11) is 1.65. The summed E-state index contributed by atoms with van der Waals surface area (Å²) in [5.74, 6) is -0.333. The topological polar surface area (TPSA) is 86.3 Å². The van der Waals surface area contributed by atoms with Gasteiger partial charge in [0.25, 0.3) is 0 Å². The van der Waals surface area contributed by atoms with Gasteiger partial charge < -0.3 is 10.5 Å². The highest BCUT2D eigenvalue weighted by molar-refractivity contribution is 6.30. The molecule has 8 heteroatoms. The van der Waals surface area contributed by atoms with Crippen LogP contribution in [0, 0.1) is 0 Å². The van der Waals surface area contributed by atoms with Crippen molar-refractivity contribution in [2.75, 3.05) is 13.7 Å². The average molecular weight is 336 g/mol. The first-order valence-electron chi connectivity index (χ1n) is 7.28. The molecule has 1 aromatic heterocycles.